The average Bonchev–Trinajstić information content (AvgIpc) is 3.31. The number of aromatic nitrogens is 2. The molecule has 0 fully saturated rings. The molecular weight excluding hydrogens is 467 g/mol. The predicted octanol–water partition coefficient (Wildman–Crippen LogP) is 6.85. The van der Waals surface area contributed by atoms with E-state index in [9.17, 15) is 9.18 Å². The molecule has 1 unspecified atom stereocenters. The van der Waals surface area contributed by atoms with Crippen LogP contribution in [0.5, 0.6) is 0 Å². The van der Waals surface area contributed by atoms with Gasteiger partial charge in [0, 0.05) is 16.3 Å². The minimum absolute atomic E-state index is 0.261. The van der Waals surface area contributed by atoms with Gasteiger partial charge in [-0.25, -0.2) is 9.18 Å². The van der Waals surface area contributed by atoms with Crippen molar-refractivity contribution >= 4 is 28.9 Å². The first-order valence-corrected chi connectivity index (χ1v) is 11.4. The number of aryl methyl sites for hydroxylation is 2. The van der Waals surface area contributed by atoms with Gasteiger partial charge in [-0.1, -0.05) is 41.0 Å². The van der Waals surface area contributed by atoms with E-state index in [4.69, 9.17) is 16.1 Å². The molecule has 1 N–H and O–H groups in total. The lowest BCUT2D eigenvalue weighted by molar-refractivity contribution is 0.244. The van der Waals surface area contributed by atoms with Crippen LogP contribution in [-0.4, -0.2) is 16.2 Å². The maximum atomic E-state index is 14.0. The lowest BCUT2D eigenvalue weighted by atomic mass is 9.92. The van der Waals surface area contributed by atoms with Gasteiger partial charge in [-0.3, -0.25) is 4.90 Å². The molecule has 6 nitrogen and oxygen atoms in total. The van der Waals surface area contributed by atoms with Crippen molar-refractivity contribution in [1.82, 2.24) is 15.5 Å². The van der Waals surface area contributed by atoms with Crippen molar-refractivity contribution in [1.29, 1.82) is 0 Å². The molecule has 0 bridgehead atoms. The van der Waals surface area contributed by atoms with Crippen molar-refractivity contribution in [2.75, 3.05) is 4.90 Å². The Morgan fingerprint density at radius 2 is 1.77 bits per heavy atom. The number of anilines is 1. The first-order valence-electron chi connectivity index (χ1n) is 11.1. The normalized spacial score (nSPS) is 16.0. The molecule has 1 aromatic heterocycles. The van der Waals surface area contributed by atoms with Gasteiger partial charge in [0.1, 0.15) is 5.82 Å². The van der Waals surface area contributed by atoms with E-state index in [1.807, 2.05) is 32.0 Å². The molecule has 0 saturated heterocycles. The van der Waals surface area contributed by atoms with Crippen LogP contribution in [-0.2, 0) is 0 Å². The summed E-state index contributed by atoms with van der Waals surface area (Å²) in [4.78, 5) is 19.3. The molecule has 3 aromatic carbocycles. The Kier molecular flexibility index (Phi) is 5.86. The van der Waals surface area contributed by atoms with Gasteiger partial charge in [-0.15, -0.1) is 0 Å². The monoisotopic (exact) mass is 488 g/mol. The molecule has 2 heterocycles. The maximum Gasteiger partial charge on any atom is 0.327 e. The highest BCUT2D eigenvalue weighted by molar-refractivity contribution is 6.30. The summed E-state index contributed by atoms with van der Waals surface area (Å²) in [7, 11) is 0. The van der Waals surface area contributed by atoms with Crippen LogP contribution in [0.4, 0.5) is 14.9 Å². The molecule has 5 rings (SSSR count). The summed E-state index contributed by atoms with van der Waals surface area (Å²) in [6, 6.07) is 18.1. The van der Waals surface area contributed by atoms with Crippen LogP contribution < -0.4 is 10.2 Å². The molecule has 1 atom stereocenters. The SMILES string of the molecule is CC1=C(c2nc(-c3ccc(Cl)cc3)no2)C(c2ccc(C)c(C)c2)NC(=O)N1c1cccc(F)c1. The summed E-state index contributed by atoms with van der Waals surface area (Å²) < 4.78 is 19.7. The number of halogens is 2. The zero-order valence-corrected chi connectivity index (χ0v) is 20.1. The summed E-state index contributed by atoms with van der Waals surface area (Å²) in [5, 5.41) is 7.81. The number of nitrogens with zero attached hydrogens (tertiary/aromatic N) is 3. The van der Waals surface area contributed by atoms with E-state index >= 15 is 0 Å². The number of allylic oxidation sites excluding steroid dienone is 1. The molecule has 1 aliphatic rings. The number of amides is 2. The second-order valence-corrected chi connectivity index (χ2v) is 8.91. The summed E-state index contributed by atoms with van der Waals surface area (Å²) in [6.07, 6.45) is 0. The molecule has 0 radical (unpaired) electrons. The van der Waals surface area contributed by atoms with Crippen molar-refractivity contribution in [2.45, 2.75) is 26.8 Å². The largest absolute Gasteiger partial charge is 0.334 e. The molecule has 176 valence electrons. The molecule has 8 heteroatoms. The van der Waals surface area contributed by atoms with Crippen molar-refractivity contribution < 1.29 is 13.7 Å². The lowest BCUT2D eigenvalue weighted by Gasteiger charge is -2.35. The Morgan fingerprint density at radius 3 is 2.49 bits per heavy atom. The van der Waals surface area contributed by atoms with Gasteiger partial charge >= 0.3 is 6.03 Å². The van der Waals surface area contributed by atoms with Gasteiger partial charge in [0.15, 0.2) is 0 Å². The van der Waals surface area contributed by atoms with E-state index in [1.165, 1.54) is 17.0 Å². The fourth-order valence-electron chi connectivity index (χ4n) is 4.19. The van der Waals surface area contributed by atoms with Gasteiger partial charge in [0.2, 0.25) is 5.82 Å². The third-order valence-corrected chi connectivity index (χ3v) is 6.43. The number of hydrogen-bond donors (Lipinski definition) is 1. The molecular formula is C27H22ClFN4O2. The molecule has 4 aromatic rings. The Bertz CT molecular complexity index is 1460. The minimum atomic E-state index is -0.537. The van der Waals surface area contributed by atoms with Crippen LogP contribution in [0, 0.1) is 19.7 Å². The van der Waals surface area contributed by atoms with Crippen LogP contribution in [0.2, 0.25) is 5.02 Å². The number of urea groups is 1. The van der Waals surface area contributed by atoms with E-state index in [-0.39, 0.29) is 11.9 Å². The molecule has 0 spiro atoms. The number of carbonyl (C=O) groups excluding carboxylic acids is 1. The van der Waals surface area contributed by atoms with E-state index in [0.29, 0.717) is 27.8 Å². The van der Waals surface area contributed by atoms with Crippen LogP contribution in [0.1, 0.15) is 35.5 Å². The molecule has 35 heavy (non-hydrogen) atoms. The first kappa shape index (κ1) is 22.8. The quantitative estimate of drug-likeness (QED) is 0.341. The maximum absolute atomic E-state index is 14.0. The number of hydrogen-bond acceptors (Lipinski definition) is 4. The van der Waals surface area contributed by atoms with Gasteiger partial charge < -0.3 is 9.84 Å². The number of rotatable bonds is 4. The Morgan fingerprint density at radius 1 is 1.00 bits per heavy atom. The third-order valence-electron chi connectivity index (χ3n) is 6.17. The number of benzene rings is 3. The second-order valence-electron chi connectivity index (χ2n) is 8.47. The fourth-order valence-corrected chi connectivity index (χ4v) is 4.32. The third kappa shape index (κ3) is 4.31. The van der Waals surface area contributed by atoms with Crippen LogP contribution in [0.3, 0.4) is 0 Å². The summed E-state index contributed by atoms with van der Waals surface area (Å²) in [6.45, 7) is 5.84. The highest BCUT2D eigenvalue weighted by Gasteiger charge is 2.36. The van der Waals surface area contributed by atoms with Gasteiger partial charge in [-0.05, 0) is 79.9 Å². The van der Waals surface area contributed by atoms with E-state index < -0.39 is 11.9 Å². The molecule has 0 saturated carbocycles. The van der Waals surface area contributed by atoms with Crippen LogP contribution in [0.15, 0.2) is 77.0 Å². The summed E-state index contributed by atoms with van der Waals surface area (Å²) in [5.41, 5.74) is 5.44. The average molecular weight is 489 g/mol. The van der Waals surface area contributed by atoms with Crippen molar-refractivity contribution in [3.63, 3.8) is 0 Å². The highest BCUT2D eigenvalue weighted by Crippen LogP contribution is 2.39. The van der Waals surface area contributed by atoms with Gasteiger partial charge in [-0.2, -0.15) is 4.98 Å². The van der Waals surface area contributed by atoms with Crippen molar-refractivity contribution in [2.24, 2.45) is 0 Å². The Labute approximate surface area is 207 Å². The van der Waals surface area contributed by atoms with E-state index in [0.717, 1.165) is 22.3 Å². The lowest BCUT2D eigenvalue weighted by Crippen LogP contribution is -2.46. The minimum Gasteiger partial charge on any atom is -0.334 e. The van der Waals surface area contributed by atoms with Crippen molar-refractivity contribution in [3.8, 4) is 11.4 Å². The Balaban J connectivity index is 1.67. The molecule has 2 amide bonds. The number of carbonyl (C=O) groups is 1. The summed E-state index contributed by atoms with van der Waals surface area (Å²) >= 11 is 6.01. The Hall–Kier alpha value is -3.97. The topological polar surface area (TPSA) is 71.3 Å². The number of nitrogens with one attached hydrogen (secondary N) is 1. The van der Waals surface area contributed by atoms with Gasteiger partial charge in [0.05, 0.1) is 17.3 Å². The molecule has 0 aliphatic carbocycles. The van der Waals surface area contributed by atoms with E-state index in [1.54, 1.807) is 43.3 Å². The molecule has 1 aliphatic heterocycles. The van der Waals surface area contributed by atoms with Crippen LogP contribution >= 0.6 is 11.6 Å². The van der Waals surface area contributed by atoms with E-state index in [2.05, 4.69) is 15.5 Å². The van der Waals surface area contributed by atoms with Gasteiger partial charge in [0.25, 0.3) is 5.89 Å². The zero-order valence-electron chi connectivity index (χ0n) is 19.3. The first-order chi connectivity index (χ1) is 16.8. The fraction of sp³-hybridized carbons (Fsp3) is 0.148. The smallest absolute Gasteiger partial charge is 0.327 e. The summed E-state index contributed by atoms with van der Waals surface area (Å²) in [5.74, 6) is 0.214. The highest BCUT2D eigenvalue weighted by atomic mass is 35.5. The predicted molar refractivity (Wildman–Crippen MR) is 133 cm³/mol. The zero-order chi connectivity index (χ0) is 24.7. The standard InChI is InChI=1S/C27H22ClFN4O2/c1-15-7-8-19(13-16(15)2)24-23(26-31-25(32-35-26)18-9-11-20(28)12-10-18)17(3)33(27(34)30-24)22-6-4-5-21(29)14-22/h4-14,24H,1-3H3,(H,30,34). The van der Waals surface area contributed by atoms with Crippen molar-refractivity contribution in [3.05, 3.63) is 106 Å². The van der Waals surface area contributed by atoms with Crippen LogP contribution in [0.25, 0.3) is 17.0 Å². The second kappa shape index (κ2) is 9.00.